The summed E-state index contributed by atoms with van der Waals surface area (Å²) in [5.41, 5.74) is 10.4. The minimum absolute atomic E-state index is 1.25. The Bertz CT molecular complexity index is 1060. The Labute approximate surface area is 166 Å². The van der Waals surface area contributed by atoms with Gasteiger partial charge in [-0.05, 0) is 44.5 Å². The van der Waals surface area contributed by atoms with Gasteiger partial charge in [0, 0.05) is 0 Å². The van der Waals surface area contributed by atoms with Crippen LogP contribution in [-0.2, 0) is 0 Å². The van der Waals surface area contributed by atoms with Crippen molar-refractivity contribution in [2.24, 2.45) is 0 Å². The highest BCUT2D eigenvalue weighted by atomic mass is 14.4. The van der Waals surface area contributed by atoms with Gasteiger partial charge in [0.15, 0.2) is 0 Å². The molecule has 0 atom stereocenters. The Kier molecular flexibility index (Phi) is 4.23. The second-order valence-electron chi connectivity index (χ2n) is 6.96. The Balaban J connectivity index is 1.77. The third-order valence-corrected chi connectivity index (χ3v) is 5.19. The van der Waals surface area contributed by atoms with E-state index in [1.54, 1.807) is 0 Å². The molecule has 1 aliphatic carbocycles. The SMILES string of the molecule is c1ccc(C2=C(c3ccccc3)C2=C(c2ccccc2)c2ccccc2)cc1. The molecule has 0 nitrogen and oxygen atoms in total. The Morgan fingerprint density at radius 2 is 0.679 bits per heavy atom. The van der Waals surface area contributed by atoms with E-state index >= 15 is 0 Å². The minimum atomic E-state index is 1.25. The van der Waals surface area contributed by atoms with E-state index in [4.69, 9.17) is 0 Å². The second-order valence-corrected chi connectivity index (χ2v) is 6.96. The fourth-order valence-electron chi connectivity index (χ4n) is 3.89. The molecule has 0 spiro atoms. The van der Waals surface area contributed by atoms with Crippen molar-refractivity contribution < 1.29 is 0 Å². The van der Waals surface area contributed by atoms with Gasteiger partial charge in [0.1, 0.15) is 0 Å². The van der Waals surface area contributed by atoms with Crippen LogP contribution < -0.4 is 0 Å². The second kappa shape index (κ2) is 7.17. The first-order valence-corrected chi connectivity index (χ1v) is 9.64. The zero-order valence-corrected chi connectivity index (χ0v) is 15.5. The van der Waals surface area contributed by atoms with Crippen molar-refractivity contribution in [3.05, 3.63) is 149 Å². The smallest absolute Gasteiger partial charge is 0.000183 e. The lowest BCUT2D eigenvalue weighted by atomic mass is 9.94. The van der Waals surface area contributed by atoms with E-state index in [0.29, 0.717) is 0 Å². The van der Waals surface area contributed by atoms with Crippen LogP contribution >= 0.6 is 0 Å². The first-order valence-electron chi connectivity index (χ1n) is 9.64. The summed E-state index contributed by atoms with van der Waals surface area (Å²) in [5, 5.41) is 0. The van der Waals surface area contributed by atoms with Crippen molar-refractivity contribution in [1.82, 2.24) is 0 Å². The van der Waals surface area contributed by atoms with Crippen LogP contribution in [0.5, 0.6) is 0 Å². The van der Waals surface area contributed by atoms with Gasteiger partial charge in [0.2, 0.25) is 0 Å². The lowest BCUT2D eigenvalue weighted by molar-refractivity contribution is 1.54. The molecular formula is C28H20. The largest absolute Gasteiger partial charge is 0.0622 e. The van der Waals surface area contributed by atoms with Crippen molar-refractivity contribution in [2.75, 3.05) is 0 Å². The molecule has 5 rings (SSSR count). The van der Waals surface area contributed by atoms with Gasteiger partial charge < -0.3 is 0 Å². The van der Waals surface area contributed by atoms with Crippen molar-refractivity contribution in [3.8, 4) is 0 Å². The van der Waals surface area contributed by atoms with Crippen LogP contribution in [0.15, 0.2) is 127 Å². The zero-order chi connectivity index (χ0) is 18.8. The summed E-state index contributed by atoms with van der Waals surface area (Å²) in [4.78, 5) is 0. The van der Waals surface area contributed by atoms with Crippen molar-refractivity contribution in [2.45, 2.75) is 0 Å². The first kappa shape index (κ1) is 16.5. The highest BCUT2D eigenvalue weighted by molar-refractivity contribution is 6.31. The molecule has 0 heteroatoms. The van der Waals surface area contributed by atoms with Crippen LogP contribution in [-0.4, -0.2) is 0 Å². The normalized spacial score (nSPS) is 12.8. The highest BCUT2D eigenvalue weighted by Crippen LogP contribution is 2.56. The summed E-state index contributed by atoms with van der Waals surface area (Å²) >= 11 is 0. The van der Waals surface area contributed by atoms with Crippen LogP contribution in [0.3, 0.4) is 0 Å². The Hall–Kier alpha value is -3.64. The van der Waals surface area contributed by atoms with Gasteiger partial charge in [-0.15, -0.1) is 0 Å². The van der Waals surface area contributed by atoms with Gasteiger partial charge in [-0.25, -0.2) is 0 Å². The van der Waals surface area contributed by atoms with E-state index in [2.05, 4.69) is 121 Å². The van der Waals surface area contributed by atoms with Crippen molar-refractivity contribution in [3.63, 3.8) is 0 Å². The molecule has 132 valence electrons. The molecule has 0 saturated heterocycles. The fraction of sp³-hybridized carbons (Fsp3) is 0. The predicted octanol–water partition coefficient (Wildman–Crippen LogP) is 7.11. The average Bonchev–Trinajstić information content (AvgIpc) is 3.52. The summed E-state index contributed by atoms with van der Waals surface area (Å²) in [7, 11) is 0. The molecule has 0 aromatic heterocycles. The van der Waals surface area contributed by atoms with E-state index < -0.39 is 0 Å². The van der Waals surface area contributed by atoms with E-state index in [1.807, 2.05) is 0 Å². The standard InChI is InChI=1S/C28H20/c1-5-13-21(14-6-1)25(22-15-7-2-8-16-22)28-26(23-17-9-3-10-18-23)27(28)24-19-11-4-12-20-24/h1-20H. The van der Waals surface area contributed by atoms with E-state index in [0.717, 1.165) is 0 Å². The molecule has 0 saturated carbocycles. The number of hydrogen-bond acceptors (Lipinski definition) is 0. The monoisotopic (exact) mass is 356 g/mol. The van der Waals surface area contributed by atoms with Crippen LogP contribution in [0.2, 0.25) is 0 Å². The third-order valence-electron chi connectivity index (χ3n) is 5.19. The summed E-state index contributed by atoms with van der Waals surface area (Å²) in [5.74, 6) is 0. The van der Waals surface area contributed by atoms with Crippen LogP contribution in [0, 0.1) is 0 Å². The Morgan fingerprint density at radius 3 is 1.04 bits per heavy atom. The molecule has 1 aliphatic rings. The zero-order valence-electron chi connectivity index (χ0n) is 15.5. The van der Waals surface area contributed by atoms with E-state index in [-0.39, 0.29) is 0 Å². The molecule has 0 unspecified atom stereocenters. The maximum absolute atomic E-state index is 2.21. The van der Waals surface area contributed by atoms with Crippen LogP contribution in [0.25, 0.3) is 16.7 Å². The number of hydrogen-bond donors (Lipinski definition) is 0. The number of benzene rings is 4. The topological polar surface area (TPSA) is 0 Å². The predicted molar refractivity (Wildman–Crippen MR) is 119 cm³/mol. The summed E-state index contributed by atoms with van der Waals surface area (Å²) in [6, 6.07) is 42.9. The minimum Gasteiger partial charge on any atom is -0.0622 e. The van der Waals surface area contributed by atoms with Crippen LogP contribution in [0.4, 0.5) is 0 Å². The number of rotatable bonds is 4. The molecule has 0 radical (unpaired) electrons. The first-order chi connectivity index (χ1) is 13.9. The molecule has 4 aromatic carbocycles. The summed E-state index contributed by atoms with van der Waals surface area (Å²) in [6.45, 7) is 0. The van der Waals surface area contributed by atoms with Gasteiger partial charge in [0.25, 0.3) is 0 Å². The molecule has 0 fully saturated rings. The van der Waals surface area contributed by atoms with Gasteiger partial charge in [-0.1, -0.05) is 121 Å². The van der Waals surface area contributed by atoms with Gasteiger partial charge in [-0.2, -0.15) is 0 Å². The molecular weight excluding hydrogens is 336 g/mol. The molecule has 0 bridgehead atoms. The maximum Gasteiger partial charge on any atom is -0.000183 e. The van der Waals surface area contributed by atoms with Gasteiger partial charge in [-0.3, -0.25) is 0 Å². The fourth-order valence-corrected chi connectivity index (χ4v) is 3.89. The maximum atomic E-state index is 2.21. The molecule has 0 aliphatic heterocycles. The molecule has 0 heterocycles. The molecule has 4 aromatic rings. The van der Waals surface area contributed by atoms with Crippen molar-refractivity contribution in [1.29, 1.82) is 0 Å². The van der Waals surface area contributed by atoms with Gasteiger partial charge >= 0.3 is 0 Å². The molecule has 28 heavy (non-hydrogen) atoms. The lowest BCUT2D eigenvalue weighted by Crippen LogP contribution is -1.89. The molecule has 0 amide bonds. The Morgan fingerprint density at radius 1 is 0.357 bits per heavy atom. The van der Waals surface area contributed by atoms with E-state index in [9.17, 15) is 0 Å². The third kappa shape index (κ3) is 3.00. The van der Waals surface area contributed by atoms with Crippen molar-refractivity contribution >= 4 is 16.7 Å². The van der Waals surface area contributed by atoms with Gasteiger partial charge in [0.05, 0.1) is 0 Å². The quantitative estimate of drug-likeness (QED) is 0.365. The number of allylic oxidation sites excluding steroid dienone is 3. The summed E-state index contributed by atoms with van der Waals surface area (Å²) < 4.78 is 0. The highest BCUT2D eigenvalue weighted by Gasteiger charge is 2.35. The average molecular weight is 356 g/mol. The molecule has 0 N–H and O–H groups in total. The van der Waals surface area contributed by atoms with E-state index in [1.165, 1.54) is 44.5 Å². The summed E-state index contributed by atoms with van der Waals surface area (Å²) in [6.07, 6.45) is 0. The van der Waals surface area contributed by atoms with Crippen LogP contribution in [0.1, 0.15) is 22.3 Å². The lowest BCUT2D eigenvalue weighted by Gasteiger charge is -2.09.